The first-order chi connectivity index (χ1) is 21.7. The van der Waals surface area contributed by atoms with Gasteiger partial charge in [0.05, 0.1) is 13.2 Å². The number of rotatable bonds is 33. The quantitative estimate of drug-likeness (QED) is 0.0454. The number of allylic oxidation sites excluding steroid dienone is 10. The smallest absolute Gasteiger partial charge is 0.306 e. The zero-order chi connectivity index (χ0) is 32.0. The summed E-state index contributed by atoms with van der Waals surface area (Å²) < 4.78 is 11.1. The monoisotopic (exact) mass is 615 g/mol. The molecule has 0 radical (unpaired) electrons. The van der Waals surface area contributed by atoms with E-state index in [2.05, 4.69) is 74.6 Å². The van der Waals surface area contributed by atoms with Gasteiger partial charge < -0.3 is 14.6 Å². The van der Waals surface area contributed by atoms with Crippen LogP contribution >= 0.6 is 0 Å². The lowest BCUT2D eigenvalue weighted by Crippen LogP contribution is -2.27. The maximum absolute atomic E-state index is 12.1. The molecule has 0 aromatic rings. The first-order valence-corrected chi connectivity index (χ1v) is 18.4. The molecule has 4 heteroatoms. The van der Waals surface area contributed by atoms with Gasteiger partial charge in [0, 0.05) is 13.0 Å². The van der Waals surface area contributed by atoms with Crippen molar-refractivity contribution in [2.45, 2.75) is 168 Å². The summed E-state index contributed by atoms with van der Waals surface area (Å²) in [5.41, 5.74) is 0. The lowest BCUT2D eigenvalue weighted by molar-refractivity contribution is -0.154. The third kappa shape index (κ3) is 34.6. The lowest BCUT2D eigenvalue weighted by atomic mass is 10.1. The summed E-state index contributed by atoms with van der Waals surface area (Å²) in [5, 5.41) is 9.55. The number of carbonyl (C=O) groups excluding carboxylic acids is 1. The normalized spacial score (nSPS) is 13.1. The Bertz CT molecular complexity index is 734. The second kappa shape index (κ2) is 37.3. The molecule has 0 aromatic heterocycles. The van der Waals surface area contributed by atoms with Crippen LogP contribution in [0.25, 0.3) is 0 Å². The Hall–Kier alpha value is -1.91. The Balaban J connectivity index is 3.52. The van der Waals surface area contributed by atoms with E-state index in [-0.39, 0.29) is 19.2 Å². The Kier molecular flexibility index (Phi) is 35.7. The standard InChI is InChI=1S/C40H70O4/c1-3-5-7-9-11-13-15-17-19-20-21-22-24-26-28-30-32-34-36-43-38-39(37-41)44-40(42)35-33-31-29-27-25-23-18-16-14-12-10-8-6-4-2/h5,7,11,13,16-19,21-22,39,41H,3-4,6,8-10,12,14-15,20,23-38H2,1-2H3/b7-5-,13-11-,18-16-,19-17-,22-21-. The molecular weight excluding hydrogens is 544 g/mol. The number of hydrogen-bond acceptors (Lipinski definition) is 4. The molecule has 0 saturated carbocycles. The molecule has 0 bridgehead atoms. The maximum Gasteiger partial charge on any atom is 0.306 e. The van der Waals surface area contributed by atoms with Gasteiger partial charge in [-0.05, 0) is 77.0 Å². The molecule has 0 heterocycles. The zero-order valence-electron chi connectivity index (χ0n) is 28.9. The van der Waals surface area contributed by atoms with Gasteiger partial charge in [-0.1, -0.05) is 139 Å². The molecule has 1 N–H and O–H groups in total. The summed E-state index contributed by atoms with van der Waals surface area (Å²) in [6.45, 7) is 5.16. The average Bonchev–Trinajstić information content (AvgIpc) is 3.03. The molecule has 1 atom stereocenters. The van der Waals surface area contributed by atoms with Crippen LogP contribution < -0.4 is 0 Å². The van der Waals surface area contributed by atoms with E-state index < -0.39 is 6.10 Å². The van der Waals surface area contributed by atoms with E-state index in [0.29, 0.717) is 13.0 Å². The largest absolute Gasteiger partial charge is 0.457 e. The maximum atomic E-state index is 12.1. The van der Waals surface area contributed by atoms with Gasteiger partial charge in [0.1, 0.15) is 6.10 Å². The number of aliphatic hydroxyl groups is 1. The summed E-state index contributed by atoms with van der Waals surface area (Å²) in [5.74, 6) is -0.220. The number of esters is 1. The number of aliphatic hydroxyl groups excluding tert-OH is 1. The zero-order valence-corrected chi connectivity index (χ0v) is 28.9. The van der Waals surface area contributed by atoms with E-state index in [1.165, 1.54) is 77.0 Å². The number of hydrogen-bond donors (Lipinski definition) is 1. The first kappa shape index (κ1) is 42.1. The van der Waals surface area contributed by atoms with E-state index in [9.17, 15) is 9.90 Å². The molecule has 0 fully saturated rings. The third-order valence-corrected chi connectivity index (χ3v) is 7.58. The fraction of sp³-hybridized carbons (Fsp3) is 0.725. The van der Waals surface area contributed by atoms with Crippen molar-refractivity contribution in [3.8, 4) is 0 Å². The van der Waals surface area contributed by atoms with Crippen molar-refractivity contribution in [3.05, 3.63) is 60.8 Å². The van der Waals surface area contributed by atoms with Gasteiger partial charge in [-0.15, -0.1) is 0 Å². The minimum atomic E-state index is -0.549. The molecule has 0 saturated heterocycles. The third-order valence-electron chi connectivity index (χ3n) is 7.58. The summed E-state index contributed by atoms with van der Waals surface area (Å²) >= 11 is 0. The Morgan fingerprint density at radius 2 is 1.02 bits per heavy atom. The van der Waals surface area contributed by atoms with Crippen LogP contribution in [0, 0.1) is 0 Å². The Morgan fingerprint density at radius 1 is 0.568 bits per heavy atom. The van der Waals surface area contributed by atoms with Crippen LogP contribution in [-0.2, 0) is 14.3 Å². The highest BCUT2D eigenvalue weighted by molar-refractivity contribution is 5.69. The molecule has 0 rings (SSSR count). The van der Waals surface area contributed by atoms with Crippen LogP contribution in [-0.4, -0.2) is 37.0 Å². The fourth-order valence-electron chi connectivity index (χ4n) is 4.84. The summed E-state index contributed by atoms with van der Waals surface area (Å²) in [4.78, 5) is 12.1. The van der Waals surface area contributed by atoms with E-state index >= 15 is 0 Å². The van der Waals surface area contributed by atoms with Gasteiger partial charge in [-0.25, -0.2) is 0 Å². The van der Waals surface area contributed by atoms with Crippen LogP contribution in [0.3, 0.4) is 0 Å². The van der Waals surface area contributed by atoms with Crippen molar-refractivity contribution in [1.29, 1.82) is 0 Å². The van der Waals surface area contributed by atoms with Crippen LogP contribution in [0.4, 0.5) is 0 Å². The molecule has 1 unspecified atom stereocenters. The van der Waals surface area contributed by atoms with Crippen molar-refractivity contribution < 1.29 is 19.4 Å². The molecule has 0 aliphatic carbocycles. The van der Waals surface area contributed by atoms with E-state index in [1.54, 1.807) is 0 Å². The molecule has 4 nitrogen and oxygen atoms in total. The van der Waals surface area contributed by atoms with E-state index in [0.717, 1.165) is 64.2 Å². The SMILES string of the molecule is CC/C=C\C/C=C\C/C=C\C/C=C\CCCCCCCOCC(CO)OC(=O)CCCCCCC/C=C\CCCCCCC. The number of ether oxygens (including phenoxy) is 2. The van der Waals surface area contributed by atoms with Gasteiger partial charge in [-0.2, -0.15) is 0 Å². The molecule has 0 amide bonds. The van der Waals surface area contributed by atoms with Gasteiger partial charge in [0.2, 0.25) is 0 Å². The first-order valence-electron chi connectivity index (χ1n) is 18.4. The fourth-order valence-corrected chi connectivity index (χ4v) is 4.84. The van der Waals surface area contributed by atoms with Crippen LogP contribution in [0.5, 0.6) is 0 Å². The van der Waals surface area contributed by atoms with Crippen molar-refractivity contribution in [1.82, 2.24) is 0 Å². The van der Waals surface area contributed by atoms with Gasteiger partial charge in [0.15, 0.2) is 0 Å². The van der Waals surface area contributed by atoms with E-state index in [1.807, 2.05) is 0 Å². The van der Waals surface area contributed by atoms with Crippen LogP contribution in [0.15, 0.2) is 60.8 Å². The molecule has 0 spiro atoms. The predicted octanol–water partition coefficient (Wildman–Crippen LogP) is 11.7. The lowest BCUT2D eigenvalue weighted by Gasteiger charge is -2.15. The highest BCUT2D eigenvalue weighted by atomic mass is 16.6. The van der Waals surface area contributed by atoms with Crippen LogP contribution in [0.2, 0.25) is 0 Å². The highest BCUT2D eigenvalue weighted by Gasteiger charge is 2.13. The predicted molar refractivity (Wildman–Crippen MR) is 191 cm³/mol. The molecule has 0 aromatic carbocycles. The van der Waals surface area contributed by atoms with Crippen molar-refractivity contribution >= 4 is 5.97 Å². The van der Waals surface area contributed by atoms with Gasteiger partial charge in [0.25, 0.3) is 0 Å². The number of carbonyl (C=O) groups is 1. The summed E-state index contributed by atoms with van der Waals surface area (Å²) in [7, 11) is 0. The van der Waals surface area contributed by atoms with Crippen molar-refractivity contribution in [3.63, 3.8) is 0 Å². The summed E-state index contributed by atoms with van der Waals surface area (Å²) in [6, 6.07) is 0. The summed E-state index contributed by atoms with van der Waals surface area (Å²) in [6.07, 6.45) is 48.3. The second-order valence-electron chi connectivity index (χ2n) is 11.9. The van der Waals surface area contributed by atoms with Crippen molar-refractivity contribution in [2.24, 2.45) is 0 Å². The van der Waals surface area contributed by atoms with Crippen LogP contribution in [0.1, 0.15) is 162 Å². The molecule has 0 aliphatic rings. The Labute approximate surface area is 273 Å². The van der Waals surface area contributed by atoms with E-state index in [4.69, 9.17) is 9.47 Å². The minimum Gasteiger partial charge on any atom is -0.457 e. The molecule has 0 aliphatic heterocycles. The van der Waals surface area contributed by atoms with Gasteiger partial charge >= 0.3 is 5.97 Å². The molecule has 254 valence electrons. The average molecular weight is 615 g/mol. The highest BCUT2D eigenvalue weighted by Crippen LogP contribution is 2.11. The molecule has 44 heavy (non-hydrogen) atoms. The topological polar surface area (TPSA) is 55.8 Å². The Morgan fingerprint density at radius 3 is 1.57 bits per heavy atom. The minimum absolute atomic E-state index is 0.185. The number of unbranched alkanes of at least 4 members (excludes halogenated alkanes) is 15. The van der Waals surface area contributed by atoms with Crippen molar-refractivity contribution in [2.75, 3.05) is 19.8 Å². The van der Waals surface area contributed by atoms with Gasteiger partial charge in [-0.3, -0.25) is 4.79 Å². The molecular formula is C40H70O4. The second-order valence-corrected chi connectivity index (χ2v) is 11.9.